The van der Waals surface area contributed by atoms with E-state index in [9.17, 15) is 0 Å². The minimum Gasteiger partial charge on any atom is -0.309 e. The van der Waals surface area contributed by atoms with Crippen LogP contribution in [0.3, 0.4) is 0 Å². The SMILES string of the molecule is CCNC(Cc1ccc(I)cc1)c1snnc1C. The number of hydrogen-bond donors (Lipinski definition) is 1. The molecule has 1 atom stereocenters. The van der Waals surface area contributed by atoms with Gasteiger partial charge in [0.15, 0.2) is 0 Å². The molecule has 0 aliphatic heterocycles. The fourth-order valence-corrected chi connectivity index (χ4v) is 2.99. The van der Waals surface area contributed by atoms with Crippen LogP contribution in [0, 0.1) is 10.5 Å². The molecule has 1 N–H and O–H groups in total. The maximum absolute atomic E-state index is 4.10. The van der Waals surface area contributed by atoms with Crippen LogP contribution in [0.25, 0.3) is 0 Å². The molecule has 0 radical (unpaired) electrons. The first-order chi connectivity index (χ1) is 8.70. The number of halogens is 1. The Morgan fingerprint density at radius 1 is 1.33 bits per heavy atom. The van der Waals surface area contributed by atoms with E-state index in [1.807, 2.05) is 6.92 Å². The number of aryl methyl sites for hydroxylation is 1. The quantitative estimate of drug-likeness (QED) is 0.817. The van der Waals surface area contributed by atoms with Crippen molar-refractivity contribution < 1.29 is 0 Å². The van der Waals surface area contributed by atoms with Crippen molar-refractivity contribution in [1.82, 2.24) is 14.9 Å². The number of nitrogens with one attached hydrogen (secondary N) is 1. The van der Waals surface area contributed by atoms with Gasteiger partial charge in [-0.2, -0.15) is 0 Å². The van der Waals surface area contributed by atoms with Crippen molar-refractivity contribution >= 4 is 34.1 Å². The topological polar surface area (TPSA) is 37.8 Å². The van der Waals surface area contributed by atoms with E-state index in [-0.39, 0.29) is 0 Å². The molecule has 0 saturated heterocycles. The van der Waals surface area contributed by atoms with Gasteiger partial charge in [0.2, 0.25) is 0 Å². The molecule has 2 rings (SSSR count). The number of benzene rings is 1. The Morgan fingerprint density at radius 3 is 2.61 bits per heavy atom. The molecule has 2 aromatic rings. The fourth-order valence-electron chi connectivity index (χ4n) is 1.92. The molecule has 0 bridgehead atoms. The van der Waals surface area contributed by atoms with Gasteiger partial charge in [-0.1, -0.05) is 23.5 Å². The predicted molar refractivity (Wildman–Crippen MR) is 83.9 cm³/mol. The van der Waals surface area contributed by atoms with E-state index in [1.165, 1.54) is 25.5 Å². The molecule has 0 spiro atoms. The summed E-state index contributed by atoms with van der Waals surface area (Å²) in [5.74, 6) is 0. The molecule has 0 amide bonds. The summed E-state index contributed by atoms with van der Waals surface area (Å²) in [6.07, 6.45) is 0.982. The van der Waals surface area contributed by atoms with Crippen molar-refractivity contribution in [3.05, 3.63) is 44.0 Å². The van der Waals surface area contributed by atoms with Crippen LogP contribution in [0.2, 0.25) is 0 Å². The van der Waals surface area contributed by atoms with Crippen LogP contribution in [0.4, 0.5) is 0 Å². The summed E-state index contributed by atoms with van der Waals surface area (Å²) in [4.78, 5) is 1.25. The van der Waals surface area contributed by atoms with Gasteiger partial charge in [-0.3, -0.25) is 0 Å². The molecular formula is C13H16IN3S. The number of rotatable bonds is 5. The summed E-state index contributed by atoms with van der Waals surface area (Å²) in [6, 6.07) is 8.99. The Labute approximate surface area is 125 Å². The zero-order valence-electron chi connectivity index (χ0n) is 10.5. The first kappa shape index (κ1) is 13.9. The lowest BCUT2D eigenvalue weighted by Gasteiger charge is -2.16. The summed E-state index contributed by atoms with van der Waals surface area (Å²) < 4.78 is 5.30. The largest absolute Gasteiger partial charge is 0.309 e. The molecule has 0 fully saturated rings. The van der Waals surface area contributed by atoms with Crippen molar-refractivity contribution in [3.63, 3.8) is 0 Å². The van der Waals surface area contributed by atoms with Gasteiger partial charge in [-0.05, 0) is 71.7 Å². The molecule has 96 valence electrons. The lowest BCUT2D eigenvalue weighted by molar-refractivity contribution is 0.554. The predicted octanol–water partition coefficient (Wildman–Crippen LogP) is 3.34. The highest BCUT2D eigenvalue weighted by Gasteiger charge is 2.16. The first-order valence-corrected chi connectivity index (χ1v) is 7.82. The summed E-state index contributed by atoms with van der Waals surface area (Å²) in [7, 11) is 0. The minimum absolute atomic E-state index is 0.315. The molecule has 5 heteroatoms. The second-order valence-electron chi connectivity index (χ2n) is 4.16. The molecule has 3 nitrogen and oxygen atoms in total. The maximum atomic E-state index is 4.10. The van der Waals surface area contributed by atoms with E-state index >= 15 is 0 Å². The van der Waals surface area contributed by atoms with Gasteiger partial charge < -0.3 is 5.32 Å². The monoisotopic (exact) mass is 373 g/mol. The summed E-state index contributed by atoms with van der Waals surface area (Å²) in [6.45, 7) is 5.11. The second kappa shape index (κ2) is 6.58. The Hall–Kier alpha value is -0.530. The Balaban J connectivity index is 2.16. The normalized spacial score (nSPS) is 12.6. The van der Waals surface area contributed by atoms with E-state index in [1.54, 1.807) is 0 Å². The number of aromatic nitrogens is 2. The van der Waals surface area contributed by atoms with Crippen molar-refractivity contribution in [3.8, 4) is 0 Å². The highest BCUT2D eigenvalue weighted by Crippen LogP contribution is 2.23. The number of hydrogen-bond acceptors (Lipinski definition) is 4. The van der Waals surface area contributed by atoms with Crippen LogP contribution in [0.15, 0.2) is 24.3 Å². The van der Waals surface area contributed by atoms with E-state index in [0.29, 0.717) is 6.04 Å². The standard InChI is InChI=1S/C13H16IN3S/c1-3-15-12(13-9(2)16-17-18-13)8-10-4-6-11(14)7-5-10/h4-7,12,15H,3,8H2,1-2H3. The Morgan fingerprint density at radius 2 is 2.06 bits per heavy atom. The van der Waals surface area contributed by atoms with Gasteiger partial charge in [0, 0.05) is 9.61 Å². The van der Waals surface area contributed by atoms with Crippen molar-refractivity contribution in [1.29, 1.82) is 0 Å². The van der Waals surface area contributed by atoms with Gasteiger partial charge in [0.25, 0.3) is 0 Å². The van der Waals surface area contributed by atoms with E-state index in [0.717, 1.165) is 18.7 Å². The average Bonchev–Trinajstić information content (AvgIpc) is 2.78. The van der Waals surface area contributed by atoms with E-state index < -0.39 is 0 Å². The van der Waals surface area contributed by atoms with Gasteiger partial charge in [-0.25, -0.2) is 0 Å². The van der Waals surface area contributed by atoms with Crippen LogP contribution in [-0.2, 0) is 6.42 Å². The van der Waals surface area contributed by atoms with Gasteiger partial charge in [0.1, 0.15) is 0 Å². The Kier molecular flexibility index (Phi) is 5.08. The van der Waals surface area contributed by atoms with Crippen LogP contribution in [0.5, 0.6) is 0 Å². The van der Waals surface area contributed by atoms with Gasteiger partial charge in [0.05, 0.1) is 10.6 Å². The van der Waals surface area contributed by atoms with E-state index in [4.69, 9.17) is 0 Å². The molecular weight excluding hydrogens is 357 g/mol. The number of nitrogens with zero attached hydrogens (tertiary/aromatic N) is 2. The highest BCUT2D eigenvalue weighted by atomic mass is 127. The minimum atomic E-state index is 0.315. The second-order valence-corrected chi connectivity index (χ2v) is 6.19. The molecule has 0 saturated carbocycles. The lowest BCUT2D eigenvalue weighted by atomic mass is 10.0. The lowest BCUT2D eigenvalue weighted by Crippen LogP contribution is -2.22. The summed E-state index contributed by atoms with van der Waals surface area (Å²) in [5.41, 5.74) is 2.38. The molecule has 1 heterocycles. The molecule has 1 aromatic heterocycles. The molecule has 0 aliphatic rings. The zero-order chi connectivity index (χ0) is 13.0. The molecule has 18 heavy (non-hydrogen) atoms. The van der Waals surface area contributed by atoms with Gasteiger partial charge in [-0.15, -0.1) is 5.10 Å². The fraction of sp³-hybridized carbons (Fsp3) is 0.385. The van der Waals surface area contributed by atoms with Crippen LogP contribution >= 0.6 is 34.1 Å². The summed E-state index contributed by atoms with van der Waals surface area (Å²) >= 11 is 3.82. The van der Waals surface area contributed by atoms with Crippen molar-refractivity contribution in [2.45, 2.75) is 26.3 Å². The molecule has 0 aliphatic carbocycles. The molecule has 1 unspecified atom stereocenters. The zero-order valence-corrected chi connectivity index (χ0v) is 13.5. The van der Waals surface area contributed by atoms with Crippen LogP contribution in [0.1, 0.15) is 29.1 Å². The van der Waals surface area contributed by atoms with Crippen molar-refractivity contribution in [2.75, 3.05) is 6.54 Å². The third kappa shape index (κ3) is 3.49. The maximum Gasteiger partial charge on any atom is 0.0772 e. The third-order valence-electron chi connectivity index (χ3n) is 2.81. The molecule has 1 aromatic carbocycles. The van der Waals surface area contributed by atoms with Gasteiger partial charge >= 0.3 is 0 Å². The smallest absolute Gasteiger partial charge is 0.0772 e. The summed E-state index contributed by atoms with van der Waals surface area (Å²) in [5, 5.41) is 7.62. The average molecular weight is 373 g/mol. The number of likely N-dealkylation sites (N-methyl/N-ethyl adjacent to an activating group) is 1. The van der Waals surface area contributed by atoms with Crippen LogP contribution < -0.4 is 5.32 Å². The van der Waals surface area contributed by atoms with Crippen molar-refractivity contribution in [2.24, 2.45) is 0 Å². The third-order valence-corrected chi connectivity index (χ3v) is 4.47. The van der Waals surface area contributed by atoms with E-state index in [2.05, 4.69) is 68.7 Å². The Bertz CT molecular complexity index is 495. The first-order valence-electron chi connectivity index (χ1n) is 5.97. The highest BCUT2D eigenvalue weighted by molar-refractivity contribution is 14.1. The van der Waals surface area contributed by atoms with Crippen LogP contribution in [-0.4, -0.2) is 16.1 Å².